The van der Waals surface area contributed by atoms with Crippen LogP contribution in [-0.4, -0.2) is 59.6 Å². The highest BCUT2D eigenvalue weighted by Crippen LogP contribution is 2.17. The summed E-state index contributed by atoms with van der Waals surface area (Å²) < 4.78 is 10.6. The summed E-state index contributed by atoms with van der Waals surface area (Å²) in [5, 5.41) is 28.8. The molecule has 1 fully saturated rings. The monoisotopic (exact) mass is 330 g/mol. The van der Waals surface area contributed by atoms with E-state index in [0.29, 0.717) is 6.61 Å². The smallest absolute Gasteiger partial charge is 0.114 e. The number of hydrogen-bond donors (Lipinski definition) is 3. The average molecular weight is 330 g/mol. The average Bonchev–Trinajstić information content (AvgIpc) is 2.88. The second kappa shape index (κ2) is 12.9. The van der Waals surface area contributed by atoms with Gasteiger partial charge in [0, 0.05) is 6.61 Å². The van der Waals surface area contributed by atoms with Gasteiger partial charge in [0.1, 0.15) is 24.4 Å². The summed E-state index contributed by atoms with van der Waals surface area (Å²) in [6.45, 7) is 3.01. The van der Waals surface area contributed by atoms with E-state index in [0.717, 1.165) is 25.7 Å². The quantitative estimate of drug-likeness (QED) is 0.356. The molecule has 136 valence electrons. The molecule has 1 rings (SSSR count). The Hall–Kier alpha value is -0.460. The van der Waals surface area contributed by atoms with Gasteiger partial charge in [-0.25, -0.2) is 0 Å². The molecule has 1 aliphatic rings. The van der Waals surface area contributed by atoms with E-state index in [1.165, 1.54) is 25.7 Å². The van der Waals surface area contributed by atoms with Gasteiger partial charge in [0.05, 0.1) is 13.2 Å². The number of unbranched alkanes of at least 4 members (excludes halogenated alkanes) is 6. The fourth-order valence-electron chi connectivity index (χ4n) is 2.65. The fourth-order valence-corrected chi connectivity index (χ4v) is 2.65. The highest BCUT2D eigenvalue weighted by Gasteiger charge is 2.39. The predicted octanol–water partition coefficient (Wildman–Crippen LogP) is 2.18. The van der Waals surface area contributed by atoms with Gasteiger partial charge in [-0.1, -0.05) is 38.3 Å². The highest BCUT2D eigenvalue weighted by molar-refractivity contribution is 4.87. The zero-order chi connectivity index (χ0) is 16.9. The van der Waals surface area contributed by atoms with Gasteiger partial charge in [0.25, 0.3) is 0 Å². The number of allylic oxidation sites excluding steroid dienone is 2. The summed E-state index contributed by atoms with van der Waals surface area (Å²) in [4.78, 5) is 0. The summed E-state index contributed by atoms with van der Waals surface area (Å²) >= 11 is 0. The van der Waals surface area contributed by atoms with Crippen LogP contribution in [0.15, 0.2) is 12.2 Å². The number of aliphatic hydroxyl groups is 3. The first-order valence-corrected chi connectivity index (χ1v) is 9.05. The van der Waals surface area contributed by atoms with Crippen molar-refractivity contribution in [2.75, 3.05) is 19.8 Å². The van der Waals surface area contributed by atoms with Gasteiger partial charge in [0.15, 0.2) is 0 Å². The molecule has 0 radical (unpaired) electrons. The summed E-state index contributed by atoms with van der Waals surface area (Å²) in [5.74, 6) is 0. The lowest BCUT2D eigenvalue weighted by Crippen LogP contribution is -2.40. The lowest BCUT2D eigenvalue weighted by Gasteiger charge is -2.20. The summed E-state index contributed by atoms with van der Waals surface area (Å²) in [7, 11) is 0. The Labute approximate surface area is 140 Å². The molecule has 0 unspecified atom stereocenters. The van der Waals surface area contributed by atoms with Gasteiger partial charge in [-0.3, -0.25) is 0 Å². The van der Waals surface area contributed by atoms with Crippen LogP contribution >= 0.6 is 0 Å². The maximum Gasteiger partial charge on any atom is 0.114 e. The van der Waals surface area contributed by atoms with Crippen molar-refractivity contribution in [2.45, 2.75) is 82.7 Å². The molecule has 0 aliphatic carbocycles. The first-order valence-electron chi connectivity index (χ1n) is 9.05. The van der Waals surface area contributed by atoms with Crippen LogP contribution in [0.2, 0.25) is 0 Å². The molecule has 0 spiro atoms. The molecule has 0 aromatic heterocycles. The topological polar surface area (TPSA) is 79.2 Å². The molecular weight excluding hydrogens is 296 g/mol. The molecule has 0 aromatic carbocycles. The first-order chi connectivity index (χ1) is 11.2. The van der Waals surface area contributed by atoms with E-state index in [1.54, 1.807) is 0 Å². The molecule has 0 bridgehead atoms. The third-order valence-corrected chi connectivity index (χ3v) is 4.16. The zero-order valence-corrected chi connectivity index (χ0v) is 14.4. The zero-order valence-electron chi connectivity index (χ0n) is 14.4. The van der Waals surface area contributed by atoms with E-state index in [2.05, 4.69) is 19.1 Å². The van der Waals surface area contributed by atoms with Crippen molar-refractivity contribution in [3.05, 3.63) is 12.2 Å². The van der Waals surface area contributed by atoms with Gasteiger partial charge in [-0.05, 0) is 32.1 Å². The maximum atomic E-state index is 9.87. The number of aliphatic hydroxyl groups excluding tert-OH is 3. The van der Waals surface area contributed by atoms with Gasteiger partial charge >= 0.3 is 0 Å². The van der Waals surface area contributed by atoms with Crippen molar-refractivity contribution in [1.82, 2.24) is 0 Å². The Balaban J connectivity index is 1.90. The summed E-state index contributed by atoms with van der Waals surface area (Å²) in [6, 6.07) is 0. The minimum absolute atomic E-state index is 0.0643. The lowest BCUT2D eigenvalue weighted by molar-refractivity contribution is -0.0813. The molecular formula is C18H34O5. The molecule has 0 saturated carbocycles. The molecule has 5 heteroatoms. The second-order valence-corrected chi connectivity index (χ2v) is 6.31. The predicted molar refractivity (Wildman–Crippen MR) is 90.3 cm³/mol. The SMILES string of the molecule is CCCCC/C=C/CCCCCOC[C@@H](O)[C@H]1OC[C@H](O)[C@H]1O. The van der Waals surface area contributed by atoms with Gasteiger partial charge < -0.3 is 24.8 Å². The molecule has 4 atom stereocenters. The van der Waals surface area contributed by atoms with Crippen molar-refractivity contribution < 1.29 is 24.8 Å². The third-order valence-electron chi connectivity index (χ3n) is 4.16. The van der Waals surface area contributed by atoms with E-state index in [4.69, 9.17) is 9.47 Å². The maximum absolute atomic E-state index is 9.87. The first kappa shape index (κ1) is 20.6. The Kier molecular flexibility index (Phi) is 11.5. The normalized spacial score (nSPS) is 26.2. The Bertz CT molecular complexity index is 308. The van der Waals surface area contributed by atoms with Gasteiger partial charge in [-0.2, -0.15) is 0 Å². The van der Waals surface area contributed by atoms with E-state index in [-0.39, 0.29) is 13.2 Å². The van der Waals surface area contributed by atoms with E-state index in [1.807, 2.05) is 0 Å². The number of ether oxygens (including phenoxy) is 2. The summed E-state index contributed by atoms with van der Waals surface area (Å²) in [6.07, 6.45) is 10.4. The van der Waals surface area contributed by atoms with Gasteiger partial charge in [0.2, 0.25) is 0 Å². The van der Waals surface area contributed by atoms with E-state index in [9.17, 15) is 15.3 Å². The van der Waals surface area contributed by atoms with E-state index >= 15 is 0 Å². The summed E-state index contributed by atoms with van der Waals surface area (Å²) in [5.41, 5.74) is 0. The van der Waals surface area contributed by atoms with Crippen LogP contribution in [0.4, 0.5) is 0 Å². The lowest BCUT2D eigenvalue weighted by atomic mass is 10.1. The number of rotatable bonds is 13. The number of hydrogen-bond acceptors (Lipinski definition) is 5. The third kappa shape index (κ3) is 8.82. The standard InChI is InChI=1S/C18H34O5/c1-2-3-4-5-6-7-8-9-10-11-12-22-13-16(20)18-17(21)15(19)14-23-18/h6-7,15-21H,2-5,8-14H2,1H3/b7-6+/t15-,16+,17+,18+/m0/s1. The molecule has 3 N–H and O–H groups in total. The molecule has 1 heterocycles. The molecule has 0 amide bonds. The largest absolute Gasteiger partial charge is 0.388 e. The van der Waals surface area contributed by atoms with Crippen LogP contribution in [0.1, 0.15) is 58.3 Å². The van der Waals surface area contributed by atoms with Crippen LogP contribution in [0, 0.1) is 0 Å². The van der Waals surface area contributed by atoms with Crippen molar-refractivity contribution in [3.8, 4) is 0 Å². The van der Waals surface area contributed by atoms with Crippen LogP contribution < -0.4 is 0 Å². The highest BCUT2D eigenvalue weighted by atomic mass is 16.5. The minimum Gasteiger partial charge on any atom is -0.388 e. The van der Waals surface area contributed by atoms with Gasteiger partial charge in [-0.15, -0.1) is 0 Å². The minimum atomic E-state index is -1.03. The van der Waals surface area contributed by atoms with Crippen LogP contribution in [0.5, 0.6) is 0 Å². The van der Waals surface area contributed by atoms with E-state index < -0.39 is 24.4 Å². The van der Waals surface area contributed by atoms with Crippen molar-refractivity contribution in [3.63, 3.8) is 0 Å². The molecule has 1 saturated heterocycles. The van der Waals surface area contributed by atoms with Crippen molar-refractivity contribution in [1.29, 1.82) is 0 Å². The molecule has 0 aromatic rings. The Morgan fingerprint density at radius 1 is 1.09 bits per heavy atom. The fraction of sp³-hybridized carbons (Fsp3) is 0.889. The van der Waals surface area contributed by atoms with Crippen LogP contribution in [0.25, 0.3) is 0 Å². The van der Waals surface area contributed by atoms with Crippen LogP contribution in [-0.2, 0) is 9.47 Å². The molecule has 5 nitrogen and oxygen atoms in total. The van der Waals surface area contributed by atoms with Crippen molar-refractivity contribution in [2.24, 2.45) is 0 Å². The van der Waals surface area contributed by atoms with Crippen LogP contribution in [0.3, 0.4) is 0 Å². The molecule has 23 heavy (non-hydrogen) atoms. The second-order valence-electron chi connectivity index (χ2n) is 6.31. The van der Waals surface area contributed by atoms with Crippen molar-refractivity contribution >= 4 is 0 Å². The Morgan fingerprint density at radius 2 is 1.78 bits per heavy atom. The Morgan fingerprint density at radius 3 is 2.39 bits per heavy atom. The molecule has 1 aliphatic heterocycles.